The molecule has 2 aromatic carbocycles. The number of ether oxygens (including phenoxy) is 1. The van der Waals surface area contributed by atoms with Gasteiger partial charge in [0.15, 0.2) is 0 Å². The maximum absolute atomic E-state index is 13.4. The quantitative estimate of drug-likeness (QED) is 0.879. The summed E-state index contributed by atoms with van der Waals surface area (Å²) in [6.07, 6.45) is 0. The number of esters is 1. The summed E-state index contributed by atoms with van der Waals surface area (Å²) in [5.41, 5.74) is 1.10. The van der Waals surface area contributed by atoms with E-state index >= 15 is 0 Å². The van der Waals surface area contributed by atoms with Crippen LogP contribution in [0.5, 0.6) is 0 Å². The normalized spacial score (nSPS) is 10.0. The molecule has 2 aromatic rings. The highest BCUT2D eigenvalue weighted by atomic mass is 19.1. The number of hydrogen-bond donors (Lipinski definition) is 1. The molecule has 0 heterocycles. The van der Waals surface area contributed by atoms with Crippen molar-refractivity contribution < 1.29 is 18.7 Å². The third-order valence-corrected chi connectivity index (χ3v) is 2.74. The van der Waals surface area contributed by atoms with Gasteiger partial charge in [0.25, 0.3) is 0 Å². The first-order valence-corrected chi connectivity index (χ1v) is 6.34. The third kappa shape index (κ3) is 4.14. The molecule has 1 amide bonds. The first-order chi connectivity index (χ1) is 10.1. The van der Waals surface area contributed by atoms with Crippen LogP contribution in [-0.2, 0) is 16.1 Å². The topological polar surface area (TPSA) is 55.4 Å². The number of nitrogens with one attached hydrogen (secondary N) is 1. The first-order valence-electron chi connectivity index (χ1n) is 6.34. The highest BCUT2D eigenvalue weighted by Gasteiger charge is 2.10. The van der Waals surface area contributed by atoms with E-state index in [0.717, 1.165) is 0 Å². The van der Waals surface area contributed by atoms with Gasteiger partial charge in [-0.25, -0.2) is 9.18 Å². The zero-order chi connectivity index (χ0) is 15.2. The highest BCUT2D eigenvalue weighted by molar-refractivity contribution is 5.93. The van der Waals surface area contributed by atoms with Gasteiger partial charge in [-0.15, -0.1) is 0 Å². The van der Waals surface area contributed by atoms with Crippen LogP contribution in [0.25, 0.3) is 0 Å². The van der Waals surface area contributed by atoms with Gasteiger partial charge in [0, 0.05) is 18.2 Å². The zero-order valence-corrected chi connectivity index (χ0v) is 11.4. The summed E-state index contributed by atoms with van der Waals surface area (Å²) in [6.45, 7) is 1.24. The lowest BCUT2D eigenvalue weighted by Crippen LogP contribution is -2.09. The van der Waals surface area contributed by atoms with Crippen molar-refractivity contribution in [2.24, 2.45) is 0 Å². The van der Waals surface area contributed by atoms with Gasteiger partial charge in [-0.2, -0.15) is 0 Å². The second kappa shape index (κ2) is 6.65. The minimum Gasteiger partial charge on any atom is -0.457 e. The lowest BCUT2D eigenvalue weighted by Gasteiger charge is -2.07. The minimum absolute atomic E-state index is 0.143. The fourth-order valence-electron chi connectivity index (χ4n) is 1.77. The Bertz CT molecular complexity index is 670. The fraction of sp³-hybridized carbons (Fsp3) is 0.125. The van der Waals surface area contributed by atoms with Gasteiger partial charge < -0.3 is 10.1 Å². The van der Waals surface area contributed by atoms with Crippen molar-refractivity contribution in [3.8, 4) is 0 Å². The molecule has 5 heteroatoms. The number of carbonyl (C=O) groups excluding carboxylic acids is 2. The zero-order valence-electron chi connectivity index (χ0n) is 11.4. The summed E-state index contributed by atoms with van der Waals surface area (Å²) in [6, 6.07) is 12.5. The van der Waals surface area contributed by atoms with Gasteiger partial charge in [0.1, 0.15) is 12.4 Å². The number of rotatable bonds is 4. The van der Waals surface area contributed by atoms with Crippen LogP contribution in [0.4, 0.5) is 10.1 Å². The number of anilines is 1. The van der Waals surface area contributed by atoms with E-state index in [1.807, 2.05) is 0 Å². The Hall–Kier alpha value is -2.69. The Morgan fingerprint density at radius 2 is 1.90 bits per heavy atom. The van der Waals surface area contributed by atoms with E-state index in [4.69, 9.17) is 4.74 Å². The van der Waals surface area contributed by atoms with Crippen molar-refractivity contribution in [2.45, 2.75) is 13.5 Å². The summed E-state index contributed by atoms with van der Waals surface area (Å²) < 4.78 is 18.5. The molecule has 0 unspecified atom stereocenters. The first kappa shape index (κ1) is 14.7. The number of hydrogen-bond acceptors (Lipinski definition) is 3. The van der Waals surface area contributed by atoms with Crippen LogP contribution in [0.1, 0.15) is 22.8 Å². The maximum atomic E-state index is 13.4. The molecule has 0 aliphatic carbocycles. The molecule has 0 radical (unpaired) electrons. The SMILES string of the molecule is CC(=O)Nc1cccc(C(=O)OCc2ccccc2F)c1. The molecule has 0 saturated carbocycles. The fourth-order valence-corrected chi connectivity index (χ4v) is 1.77. The van der Waals surface area contributed by atoms with E-state index < -0.39 is 11.8 Å². The van der Waals surface area contributed by atoms with Gasteiger partial charge in [-0.3, -0.25) is 4.79 Å². The van der Waals surface area contributed by atoms with Crippen molar-refractivity contribution >= 4 is 17.6 Å². The van der Waals surface area contributed by atoms with Crippen LogP contribution in [0.3, 0.4) is 0 Å². The van der Waals surface area contributed by atoms with Gasteiger partial charge in [-0.1, -0.05) is 24.3 Å². The molecule has 0 fully saturated rings. The Balaban J connectivity index is 2.03. The predicted molar refractivity (Wildman–Crippen MR) is 76.3 cm³/mol. The van der Waals surface area contributed by atoms with Gasteiger partial charge in [-0.05, 0) is 24.3 Å². The molecule has 1 N–H and O–H groups in total. The number of amides is 1. The predicted octanol–water partition coefficient (Wildman–Crippen LogP) is 3.14. The van der Waals surface area contributed by atoms with E-state index in [2.05, 4.69) is 5.32 Å². The average Bonchev–Trinajstić information content (AvgIpc) is 2.45. The van der Waals surface area contributed by atoms with E-state index in [9.17, 15) is 14.0 Å². The summed E-state index contributed by atoms with van der Waals surface area (Å²) in [5, 5.41) is 2.58. The Morgan fingerprint density at radius 1 is 1.14 bits per heavy atom. The smallest absolute Gasteiger partial charge is 0.338 e. The van der Waals surface area contributed by atoms with Gasteiger partial charge in [0.05, 0.1) is 5.56 Å². The molecule has 4 nitrogen and oxygen atoms in total. The minimum atomic E-state index is -0.578. The molecule has 2 rings (SSSR count). The van der Waals surface area contributed by atoms with Crippen LogP contribution in [-0.4, -0.2) is 11.9 Å². The number of carbonyl (C=O) groups is 2. The van der Waals surface area contributed by atoms with Gasteiger partial charge >= 0.3 is 5.97 Å². The Morgan fingerprint density at radius 3 is 2.62 bits per heavy atom. The molecular formula is C16H14FNO3. The summed E-state index contributed by atoms with van der Waals surface area (Å²) in [7, 11) is 0. The molecular weight excluding hydrogens is 273 g/mol. The molecule has 0 aromatic heterocycles. The number of halogens is 1. The molecule has 108 valence electrons. The van der Waals surface area contributed by atoms with Crippen LogP contribution < -0.4 is 5.32 Å². The number of benzene rings is 2. The second-order valence-electron chi connectivity index (χ2n) is 4.43. The van der Waals surface area contributed by atoms with Crippen molar-refractivity contribution in [1.82, 2.24) is 0 Å². The monoisotopic (exact) mass is 287 g/mol. The van der Waals surface area contributed by atoms with E-state index in [1.54, 1.807) is 36.4 Å². The Labute approximate surface area is 121 Å². The third-order valence-electron chi connectivity index (χ3n) is 2.74. The lowest BCUT2D eigenvalue weighted by atomic mass is 10.2. The molecule has 0 aliphatic heterocycles. The molecule has 0 bridgehead atoms. The highest BCUT2D eigenvalue weighted by Crippen LogP contribution is 2.13. The van der Waals surface area contributed by atoms with Crippen LogP contribution in [0.15, 0.2) is 48.5 Å². The van der Waals surface area contributed by atoms with Crippen molar-refractivity contribution in [1.29, 1.82) is 0 Å². The van der Waals surface area contributed by atoms with Crippen LogP contribution in [0, 0.1) is 5.82 Å². The summed E-state index contributed by atoms with van der Waals surface area (Å²) >= 11 is 0. The maximum Gasteiger partial charge on any atom is 0.338 e. The van der Waals surface area contributed by atoms with Crippen molar-refractivity contribution in [2.75, 3.05) is 5.32 Å². The van der Waals surface area contributed by atoms with E-state index in [1.165, 1.54) is 19.1 Å². The van der Waals surface area contributed by atoms with Crippen LogP contribution >= 0.6 is 0 Å². The molecule has 0 atom stereocenters. The van der Waals surface area contributed by atoms with Gasteiger partial charge in [0.2, 0.25) is 5.91 Å². The largest absolute Gasteiger partial charge is 0.457 e. The summed E-state index contributed by atoms with van der Waals surface area (Å²) in [5.74, 6) is -1.23. The van der Waals surface area contributed by atoms with Crippen molar-refractivity contribution in [3.05, 3.63) is 65.5 Å². The average molecular weight is 287 g/mol. The second-order valence-corrected chi connectivity index (χ2v) is 4.43. The molecule has 21 heavy (non-hydrogen) atoms. The van der Waals surface area contributed by atoms with E-state index in [-0.39, 0.29) is 18.1 Å². The van der Waals surface area contributed by atoms with E-state index in [0.29, 0.717) is 11.3 Å². The molecule has 0 spiro atoms. The molecule has 0 aliphatic rings. The van der Waals surface area contributed by atoms with Crippen molar-refractivity contribution in [3.63, 3.8) is 0 Å². The van der Waals surface area contributed by atoms with Crippen LogP contribution in [0.2, 0.25) is 0 Å². The standard InChI is InChI=1S/C16H14FNO3/c1-11(19)18-14-7-4-6-12(9-14)16(20)21-10-13-5-2-3-8-15(13)17/h2-9H,10H2,1H3,(H,18,19). The Kier molecular flexibility index (Phi) is 4.66. The lowest BCUT2D eigenvalue weighted by molar-refractivity contribution is -0.114. The molecule has 0 saturated heterocycles. The summed E-state index contributed by atoms with van der Waals surface area (Å²) in [4.78, 5) is 22.9.